The number of esters is 1. The van der Waals surface area contributed by atoms with Gasteiger partial charge in [-0.2, -0.15) is 0 Å². The van der Waals surface area contributed by atoms with Crippen LogP contribution in [0, 0.1) is 52.3 Å². The Morgan fingerprint density at radius 2 is 1.70 bits per heavy atom. The third-order valence-electron chi connectivity index (χ3n) is 13.1. The van der Waals surface area contributed by atoms with E-state index in [1.807, 2.05) is 13.0 Å². The number of carbonyl (C=O) groups is 1. The molecular formula is C36H58N2O2. The first-order valence-electron chi connectivity index (χ1n) is 16.9. The van der Waals surface area contributed by atoms with Gasteiger partial charge >= 0.3 is 5.97 Å². The van der Waals surface area contributed by atoms with Crippen LogP contribution < -0.4 is 11.5 Å². The summed E-state index contributed by atoms with van der Waals surface area (Å²) in [4.78, 5) is 12.7. The van der Waals surface area contributed by atoms with Crippen molar-refractivity contribution in [3.63, 3.8) is 0 Å². The molecule has 0 aliphatic heterocycles. The molecule has 4 saturated carbocycles. The summed E-state index contributed by atoms with van der Waals surface area (Å²) >= 11 is 0. The first kappa shape index (κ1) is 29.8. The van der Waals surface area contributed by atoms with Gasteiger partial charge in [0.2, 0.25) is 0 Å². The van der Waals surface area contributed by atoms with Crippen molar-refractivity contribution in [2.75, 3.05) is 18.1 Å². The highest BCUT2D eigenvalue weighted by Gasteiger charge is 2.60. The van der Waals surface area contributed by atoms with Crippen molar-refractivity contribution in [2.45, 2.75) is 124 Å². The topological polar surface area (TPSA) is 78.3 Å². The Bertz CT molecular complexity index is 1040. The molecule has 0 aromatic heterocycles. The maximum atomic E-state index is 12.7. The molecule has 3 unspecified atom stereocenters. The Kier molecular flexibility index (Phi) is 8.84. The van der Waals surface area contributed by atoms with Crippen molar-refractivity contribution >= 4 is 17.3 Å². The number of hydrogen-bond donors (Lipinski definition) is 2. The van der Waals surface area contributed by atoms with Crippen molar-refractivity contribution in [2.24, 2.45) is 52.3 Å². The summed E-state index contributed by atoms with van der Waals surface area (Å²) in [7, 11) is 0. The summed E-state index contributed by atoms with van der Waals surface area (Å²) in [6.45, 7) is 12.5. The van der Waals surface area contributed by atoms with Gasteiger partial charge in [-0.05, 0) is 135 Å². The number of fused-ring (bicyclic) bond motifs is 5. The van der Waals surface area contributed by atoms with Crippen LogP contribution in [-0.4, -0.2) is 12.6 Å². The zero-order valence-corrected chi connectivity index (χ0v) is 26.2. The van der Waals surface area contributed by atoms with Crippen LogP contribution in [0.3, 0.4) is 0 Å². The van der Waals surface area contributed by atoms with Crippen molar-refractivity contribution in [3.8, 4) is 0 Å². The maximum Gasteiger partial charge on any atom is 0.313 e. The molecular weight excluding hydrogens is 492 g/mol. The van der Waals surface area contributed by atoms with Gasteiger partial charge < -0.3 is 16.2 Å². The zero-order chi connectivity index (χ0) is 28.7. The van der Waals surface area contributed by atoms with Crippen LogP contribution in [0.2, 0.25) is 0 Å². The van der Waals surface area contributed by atoms with Crippen LogP contribution in [0.4, 0.5) is 11.4 Å². The smallest absolute Gasteiger partial charge is 0.313 e. The Labute approximate surface area is 244 Å². The van der Waals surface area contributed by atoms with E-state index >= 15 is 0 Å². The van der Waals surface area contributed by atoms with E-state index in [0.717, 1.165) is 47.5 Å². The molecule has 10 atom stereocenters. The summed E-state index contributed by atoms with van der Waals surface area (Å²) in [5, 5.41) is 0. The van der Waals surface area contributed by atoms with Crippen molar-refractivity contribution in [1.29, 1.82) is 0 Å². The predicted molar refractivity (Wildman–Crippen MR) is 167 cm³/mol. The first-order chi connectivity index (χ1) is 19.0. The number of rotatable bonds is 9. The molecule has 224 valence electrons. The largest absolute Gasteiger partial charge is 0.465 e. The fourth-order valence-corrected chi connectivity index (χ4v) is 10.8. The van der Waals surface area contributed by atoms with E-state index in [-0.39, 0.29) is 11.9 Å². The van der Waals surface area contributed by atoms with E-state index in [1.54, 1.807) is 12.1 Å². The zero-order valence-electron chi connectivity index (χ0n) is 26.2. The molecule has 0 radical (unpaired) electrons. The third-order valence-corrected chi connectivity index (χ3v) is 13.1. The highest BCUT2D eigenvalue weighted by atomic mass is 16.5. The summed E-state index contributed by atoms with van der Waals surface area (Å²) < 4.78 is 5.72. The molecule has 4 nitrogen and oxygen atoms in total. The number of ether oxygens (including phenoxy) is 1. The molecule has 40 heavy (non-hydrogen) atoms. The molecule has 4 fully saturated rings. The SMILES string of the molecule is CC(CCC[C@@H](C)[C@H]1CC[C@H]2[C@@H]3CCC4CCCC[C@]4(C)[C@H]3CC[C@]12C)COC(=O)C(C)c1ccc(N)cc1N. The van der Waals surface area contributed by atoms with E-state index < -0.39 is 0 Å². The van der Waals surface area contributed by atoms with Gasteiger partial charge in [-0.1, -0.05) is 59.4 Å². The Balaban J connectivity index is 1.08. The molecule has 1 aromatic rings. The second kappa shape index (κ2) is 11.9. The highest BCUT2D eigenvalue weighted by molar-refractivity contribution is 5.80. The van der Waals surface area contributed by atoms with Crippen LogP contribution in [0.15, 0.2) is 18.2 Å². The van der Waals surface area contributed by atoms with Gasteiger partial charge in [-0.3, -0.25) is 4.79 Å². The molecule has 4 aliphatic carbocycles. The van der Waals surface area contributed by atoms with Crippen molar-refractivity contribution < 1.29 is 9.53 Å². The van der Waals surface area contributed by atoms with Gasteiger partial charge in [0, 0.05) is 11.4 Å². The van der Waals surface area contributed by atoms with E-state index in [2.05, 4.69) is 27.7 Å². The monoisotopic (exact) mass is 550 g/mol. The minimum Gasteiger partial charge on any atom is -0.465 e. The van der Waals surface area contributed by atoms with Gasteiger partial charge in [-0.25, -0.2) is 0 Å². The standard InChI is InChI=1S/C36H58N2O2/c1-23(22-40-34(39)25(3)28-15-13-27(37)21-33(28)38)9-8-10-24(2)30-16-17-31-29-14-12-26-11-6-7-19-35(26,4)32(29)18-20-36(30,31)5/h13,15,21,23-26,29-32H,6-12,14,16-20,22,37-38H2,1-5H3/t23?,24-,25?,26?,29+,30-,31+,32+,35+,36-/m1/s1. The number of benzene rings is 1. The first-order valence-corrected chi connectivity index (χ1v) is 16.9. The quantitative estimate of drug-likeness (QED) is 0.237. The van der Waals surface area contributed by atoms with Gasteiger partial charge in [0.25, 0.3) is 0 Å². The minimum absolute atomic E-state index is 0.201. The average Bonchev–Trinajstić information content (AvgIpc) is 3.28. The Hall–Kier alpha value is -1.71. The Morgan fingerprint density at radius 1 is 0.925 bits per heavy atom. The van der Waals surface area contributed by atoms with E-state index in [9.17, 15) is 4.79 Å². The number of carbonyl (C=O) groups excluding carboxylic acids is 1. The molecule has 0 amide bonds. The van der Waals surface area contributed by atoms with E-state index in [0.29, 0.717) is 34.7 Å². The fourth-order valence-electron chi connectivity index (χ4n) is 10.8. The number of anilines is 2. The predicted octanol–water partition coefficient (Wildman–Crippen LogP) is 8.99. The lowest BCUT2D eigenvalue weighted by atomic mass is 9.44. The average molecular weight is 551 g/mol. The molecule has 0 spiro atoms. The van der Waals surface area contributed by atoms with Crippen molar-refractivity contribution in [3.05, 3.63) is 23.8 Å². The molecule has 4 heteroatoms. The number of hydrogen-bond acceptors (Lipinski definition) is 4. The van der Waals surface area contributed by atoms with Crippen LogP contribution in [0.1, 0.15) is 130 Å². The lowest BCUT2D eigenvalue weighted by Crippen LogP contribution is -2.53. The van der Waals surface area contributed by atoms with Crippen LogP contribution in [-0.2, 0) is 9.53 Å². The summed E-state index contributed by atoms with van der Waals surface area (Å²) in [6, 6.07) is 5.34. The maximum absolute atomic E-state index is 12.7. The summed E-state index contributed by atoms with van der Waals surface area (Å²) in [6.07, 6.45) is 18.6. The van der Waals surface area contributed by atoms with Gasteiger partial charge in [-0.15, -0.1) is 0 Å². The molecule has 4 aliphatic rings. The minimum atomic E-state index is -0.380. The van der Waals surface area contributed by atoms with Crippen LogP contribution >= 0.6 is 0 Å². The molecule has 5 rings (SSSR count). The lowest BCUT2D eigenvalue weighted by molar-refractivity contribution is -0.146. The van der Waals surface area contributed by atoms with Gasteiger partial charge in [0.1, 0.15) is 0 Å². The lowest BCUT2D eigenvalue weighted by Gasteiger charge is -2.61. The second-order valence-corrected chi connectivity index (χ2v) is 15.4. The molecule has 0 heterocycles. The molecule has 1 aromatic carbocycles. The summed E-state index contributed by atoms with van der Waals surface area (Å²) in [5.41, 5.74) is 15.0. The van der Waals surface area contributed by atoms with Crippen LogP contribution in [0.5, 0.6) is 0 Å². The third kappa shape index (κ3) is 5.54. The molecule has 4 N–H and O–H groups in total. The van der Waals surface area contributed by atoms with Gasteiger partial charge in [0.15, 0.2) is 0 Å². The van der Waals surface area contributed by atoms with E-state index in [4.69, 9.17) is 16.2 Å². The Morgan fingerprint density at radius 3 is 2.48 bits per heavy atom. The molecule has 0 bridgehead atoms. The van der Waals surface area contributed by atoms with E-state index in [1.165, 1.54) is 77.0 Å². The van der Waals surface area contributed by atoms with Crippen molar-refractivity contribution in [1.82, 2.24) is 0 Å². The number of nitrogen functional groups attached to an aromatic ring is 2. The highest BCUT2D eigenvalue weighted by Crippen LogP contribution is 2.68. The summed E-state index contributed by atoms with van der Waals surface area (Å²) in [5.74, 6) is 5.45. The van der Waals surface area contributed by atoms with Crippen LogP contribution in [0.25, 0.3) is 0 Å². The number of nitrogens with two attached hydrogens (primary N) is 2. The van der Waals surface area contributed by atoms with Gasteiger partial charge in [0.05, 0.1) is 12.5 Å². The second-order valence-electron chi connectivity index (χ2n) is 15.4. The molecule has 0 saturated heterocycles. The normalized spacial score (nSPS) is 37.5. The fraction of sp³-hybridized carbons (Fsp3) is 0.806.